The van der Waals surface area contributed by atoms with Gasteiger partial charge in [-0.15, -0.1) is 0 Å². The second kappa shape index (κ2) is 7.73. The zero-order valence-corrected chi connectivity index (χ0v) is 16.9. The predicted octanol–water partition coefficient (Wildman–Crippen LogP) is 5.82. The van der Waals surface area contributed by atoms with Crippen LogP contribution in [0.3, 0.4) is 0 Å². The number of hydrogen-bond donors (Lipinski definition) is 0. The minimum absolute atomic E-state index is 0.515. The van der Waals surface area contributed by atoms with Gasteiger partial charge in [0.2, 0.25) is 0 Å². The fraction of sp³-hybridized carbons (Fsp3) is 0.308. The zero-order chi connectivity index (χ0) is 18.9. The van der Waals surface area contributed by atoms with Crippen molar-refractivity contribution in [2.24, 2.45) is 11.8 Å². The van der Waals surface area contributed by atoms with Crippen molar-refractivity contribution in [1.29, 1.82) is 0 Å². The van der Waals surface area contributed by atoms with E-state index < -0.39 is 0 Å². The molecule has 0 aromatic heterocycles. The first-order chi connectivity index (χ1) is 13.8. The maximum atomic E-state index is 6.38. The molecule has 1 saturated heterocycles. The molecule has 0 radical (unpaired) electrons. The molecule has 2 aliphatic rings. The number of benzene rings is 3. The monoisotopic (exact) mass is 387 g/mol. The molecule has 1 heterocycles. The molecule has 1 aliphatic heterocycles. The van der Waals surface area contributed by atoms with Gasteiger partial charge in [0.05, 0.1) is 0 Å². The van der Waals surface area contributed by atoms with E-state index in [9.17, 15) is 0 Å². The topological polar surface area (TPSA) is 3.24 Å². The van der Waals surface area contributed by atoms with E-state index in [2.05, 4.69) is 71.6 Å². The quantitative estimate of drug-likeness (QED) is 0.545. The Morgan fingerprint density at radius 2 is 1.57 bits per heavy atom. The Morgan fingerprint density at radius 1 is 0.821 bits per heavy atom. The van der Waals surface area contributed by atoms with Gasteiger partial charge in [-0.1, -0.05) is 84.4 Å². The van der Waals surface area contributed by atoms with Crippen LogP contribution in [0.2, 0.25) is 5.02 Å². The third kappa shape index (κ3) is 3.38. The largest absolute Gasteiger partial charge is 0.302 e. The van der Waals surface area contributed by atoms with E-state index in [-0.39, 0.29) is 0 Å². The second-order valence-electron chi connectivity index (χ2n) is 8.32. The number of halogens is 1. The molecule has 0 bridgehead atoms. The summed E-state index contributed by atoms with van der Waals surface area (Å²) in [5.41, 5.74) is 5.83. The molecule has 1 fully saturated rings. The molecule has 0 saturated carbocycles. The van der Waals surface area contributed by atoms with Gasteiger partial charge >= 0.3 is 0 Å². The van der Waals surface area contributed by atoms with Crippen molar-refractivity contribution in [2.75, 3.05) is 19.6 Å². The minimum atomic E-state index is 0.515. The summed E-state index contributed by atoms with van der Waals surface area (Å²) in [5, 5.41) is 0.897. The molecule has 3 atom stereocenters. The molecule has 0 N–H and O–H groups in total. The maximum Gasteiger partial charge on any atom is 0.0438 e. The molecule has 0 spiro atoms. The Bertz CT molecular complexity index is 951. The van der Waals surface area contributed by atoms with Crippen molar-refractivity contribution in [1.82, 2.24) is 4.90 Å². The van der Waals surface area contributed by atoms with E-state index >= 15 is 0 Å². The summed E-state index contributed by atoms with van der Waals surface area (Å²) in [7, 11) is 0. The highest BCUT2D eigenvalue weighted by atomic mass is 35.5. The summed E-state index contributed by atoms with van der Waals surface area (Å²) in [6.45, 7) is 3.48. The lowest BCUT2D eigenvalue weighted by Crippen LogP contribution is -2.29. The molecule has 1 nitrogen and oxygen atoms in total. The molecule has 5 rings (SSSR count). The Morgan fingerprint density at radius 3 is 2.43 bits per heavy atom. The van der Waals surface area contributed by atoms with Gasteiger partial charge < -0.3 is 4.90 Å². The molecule has 2 heteroatoms. The normalized spacial score (nSPS) is 24.0. The third-order valence-corrected chi connectivity index (χ3v) is 7.05. The summed E-state index contributed by atoms with van der Waals surface area (Å²) < 4.78 is 0. The summed E-state index contributed by atoms with van der Waals surface area (Å²) >= 11 is 6.38. The molecular weight excluding hydrogens is 362 g/mol. The summed E-state index contributed by atoms with van der Waals surface area (Å²) in [5.74, 6) is 1.95. The van der Waals surface area contributed by atoms with Crippen LogP contribution < -0.4 is 0 Å². The van der Waals surface area contributed by atoms with Gasteiger partial charge in [-0.25, -0.2) is 0 Å². The Hall–Kier alpha value is -2.09. The van der Waals surface area contributed by atoms with Crippen molar-refractivity contribution >= 4 is 11.6 Å². The Kier molecular flexibility index (Phi) is 4.96. The SMILES string of the molecule is Clc1ccccc1CCN1CC2Cc3ccccc3C(c3ccccc3)C2C1. The first-order valence-electron chi connectivity index (χ1n) is 10.4. The zero-order valence-electron chi connectivity index (χ0n) is 16.1. The van der Waals surface area contributed by atoms with E-state index in [1.54, 1.807) is 11.1 Å². The van der Waals surface area contributed by atoms with Crippen LogP contribution in [0.5, 0.6) is 0 Å². The van der Waals surface area contributed by atoms with Gasteiger partial charge in [-0.05, 0) is 53.0 Å². The van der Waals surface area contributed by atoms with Gasteiger partial charge in [-0.2, -0.15) is 0 Å². The van der Waals surface area contributed by atoms with Crippen LogP contribution in [-0.2, 0) is 12.8 Å². The maximum absolute atomic E-state index is 6.38. The van der Waals surface area contributed by atoms with Crippen molar-refractivity contribution < 1.29 is 0 Å². The van der Waals surface area contributed by atoms with Crippen LogP contribution in [0.25, 0.3) is 0 Å². The van der Waals surface area contributed by atoms with E-state index in [1.165, 1.54) is 30.6 Å². The van der Waals surface area contributed by atoms with Crippen LogP contribution in [0.15, 0.2) is 78.9 Å². The van der Waals surface area contributed by atoms with E-state index in [4.69, 9.17) is 11.6 Å². The molecule has 0 amide bonds. The molecular formula is C26H26ClN. The highest BCUT2D eigenvalue weighted by molar-refractivity contribution is 6.31. The van der Waals surface area contributed by atoms with Gasteiger partial charge in [0.1, 0.15) is 0 Å². The fourth-order valence-corrected chi connectivity index (χ4v) is 5.60. The standard InChI is InChI=1S/C26H26ClN/c27-25-13-7-5-8-19(25)14-15-28-17-22-16-21-11-4-6-12-23(21)26(24(22)18-28)20-9-2-1-3-10-20/h1-13,22,24,26H,14-18H2. The smallest absolute Gasteiger partial charge is 0.0438 e. The average Bonchev–Trinajstić information content (AvgIpc) is 3.14. The van der Waals surface area contributed by atoms with Gasteiger partial charge in [0.25, 0.3) is 0 Å². The minimum Gasteiger partial charge on any atom is -0.302 e. The van der Waals surface area contributed by atoms with Crippen LogP contribution in [0.4, 0.5) is 0 Å². The van der Waals surface area contributed by atoms with Gasteiger partial charge in [-0.3, -0.25) is 0 Å². The molecule has 1 aliphatic carbocycles. The second-order valence-corrected chi connectivity index (χ2v) is 8.72. The number of fused-ring (bicyclic) bond motifs is 2. The van der Waals surface area contributed by atoms with Crippen molar-refractivity contribution in [3.8, 4) is 0 Å². The Labute approximate surface area is 173 Å². The molecule has 142 valence electrons. The lowest BCUT2D eigenvalue weighted by atomic mass is 9.68. The third-order valence-electron chi connectivity index (χ3n) is 6.68. The Balaban J connectivity index is 1.39. The van der Waals surface area contributed by atoms with Crippen molar-refractivity contribution in [3.05, 3.63) is 106 Å². The number of nitrogens with zero attached hydrogens (tertiary/aromatic N) is 1. The van der Waals surface area contributed by atoms with E-state index in [0.717, 1.165) is 23.9 Å². The summed E-state index contributed by atoms with van der Waals surface area (Å²) in [6, 6.07) is 28.5. The predicted molar refractivity (Wildman–Crippen MR) is 117 cm³/mol. The molecule has 3 aromatic carbocycles. The average molecular weight is 388 g/mol. The van der Waals surface area contributed by atoms with Crippen molar-refractivity contribution in [2.45, 2.75) is 18.8 Å². The first-order valence-corrected chi connectivity index (χ1v) is 10.8. The number of hydrogen-bond acceptors (Lipinski definition) is 1. The lowest BCUT2D eigenvalue weighted by molar-refractivity contribution is 0.322. The van der Waals surface area contributed by atoms with Gasteiger partial charge in [0.15, 0.2) is 0 Å². The van der Waals surface area contributed by atoms with E-state index in [1.807, 2.05) is 12.1 Å². The fourth-order valence-electron chi connectivity index (χ4n) is 5.37. The number of rotatable bonds is 4. The molecule has 3 unspecified atom stereocenters. The first kappa shape index (κ1) is 18.0. The highest BCUT2D eigenvalue weighted by Crippen LogP contribution is 2.46. The lowest BCUT2D eigenvalue weighted by Gasteiger charge is -2.35. The van der Waals surface area contributed by atoms with Crippen LogP contribution >= 0.6 is 11.6 Å². The van der Waals surface area contributed by atoms with E-state index in [0.29, 0.717) is 11.8 Å². The van der Waals surface area contributed by atoms with Crippen LogP contribution in [0.1, 0.15) is 28.2 Å². The van der Waals surface area contributed by atoms with Gasteiger partial charge in [0, 0.05) is 30.6 Å². The summed E-state index contributed by atoms with van der Waals surface area (Å²) in [4.78, 5) is 2.67. The van der Waals surface area contributed by atoms with Crippen molar-refractivity contribution in [3.63, 3.8) is 0 Å². The number of likely N-dealkylation sites (tertiary alicyclic amines) is 1. The van der Waals surface area contributed by atoms with Crippen LogP contribution in [-0.4, -0.2) is 24.5 Å². The van der Waals surface area contributed by atoms with Crippen LogP contribution in [0, 0.1) is 11.8 Å². The highest BCUT2D eigenvalue weighted by Gasteiger charge is 2.42. The molecule has 3 aromatic rings. The molecule has 28 heavy (non-hydrogen) atoms. The summed E-state index contributed by atoms with van der Waals surface area (Å²) in [6.07, 6.45) is 2.24.